The maximum atomic E-state index is 13.2. The van der Waals surface area contributed by atoms with Crippen molar-refractivity contribution in [1.29, 1.82) is 0 Å². The zero-order valence-electron chi connectivity index (χ0n) is 17.4. The average molecular weight is 464 g/mol. The first-order valence-electron chi connectivity index (χ1n) is 9.80. The molecule has 0 bridgehead atoms. The number of carbonyl (C=O) groups is 1. The largest absolute Gasteiger partial charge is 0.481 e. The molecule has 1 aliphatic heterocycles. The molecule has 0 saturated carbocycles. The molecule has 0 atom stereocenters. The van der Waals surface area contributed by atoms with E-state index < -0.39 is 23.2 Å². The average Bonchev–Trinajstić information content (AvgIpc) is 3.21. The molecule has 168 valence electrons. The predicted molar refractivity (Wildman–Crippen MR) is 112 cm³/mol. The highest BCUT2D eigenvalue weighted by Crippen LogP contribution is 2.52. The smallest absolute Gasteiger partial charge is 0.416 e. The number of hydrogen-bond donors (Lipinski definition) is 1. The Bertz CT molecular complexity index is 1180. The van der Waals surface area contributed by atoms with Crippen LogP contribution in [0.3, 0.4) is 0 Å². The lowest BCUT2D eigenvalue weighted by Crippen LogP contribution is -2.34. The second-order valence-electron chi connectivity index (χ2n) is 7.08. The van der Waals surface area contributed by atoms with Crippen LogP contribution in [-0.4, -0.2) is 28.0 Å². The van der Waals surface area contributed by atoms with Gasteiger partial charge in [-0.05, 0) is 31.0 Å². The molecule has 0 radical (unpaired) electrons. The van der Waals surface area contributed by atoms with E-state index in [2.05, 4.69) is 20.3 Å². The monoisotopic (exact) mass is 464 g/mol. The summed E-state index contributed by atoms with van der Waals surface area (Å²) in [4.78, 5) is 26.0. The van der Waals surface area contributed by atoms with Crippen molar-refractivity contribution in [2.45, 2.75) is 38.5 Å². The van der Waals surface area contributed by atoms with Crippen molar-refractivity contribution < 1.29 is 27.4 Å². The molecule has 4 rings (SSSR count). The summed E-state index contributed by atoms with van der Waals surface area (Å²) in [6.45, 7) is 3.79. The van der Waals surface area contributed by atoms with Gasteiger partial charge in [-0.25, -0.2) is 15.0 Å². The van der Waals surface area contributed by atoms with Gasteiger partial charge >= 0.3 is 6.18 Å². The van der Waals surface area contributed by atoms with Crippen molar-refractivity contribution in [3.8, 4) is 22.9 Å². The normalized spacial score (nSPS) is 14.2. The van der Waals surface area contributed by atoms with Crippen LogP contribution in [0, 0.1) is 0 Å². The molecule has 0 spiro atoms. The molecule has 2 aromatic heterocycles. The van der Waals surface area contributed by atoms with E-state index in [9.17, 15) is 18.0 Å². The Morgan fingerprint density at radius 2 is 1.94 bits per heavy atom. The van der Waals surface area contributed by atoms with E-state index in [1.165, 1.54) is 36.9 Å². The third-order valence-corrected chi connectivity index (χ3v) is 6.50. The highest BCUT2D eigenvalue weighted by Gasteiger charge is 2.42. The number of carbonyl (C=O) groups excluding carboxylic acids is 1. The lowest BCUT2D eigenvalue weighted by molar-refractivity contribution is -0.137. The molecule has 0 saturated heterocycles. The van der Waals surface area contributed by atoms with Gasteiger partial charge in [-0.15, -0.1) is 0 Å². The number of rotatable bonds is 5. The molecule has 1 aromatic carbocycles. The first-order chi connectivity index (χ1) is 15.2. The maximum Gasteiger partial charge on any atom is 0.416 e. The zero-order valence-corrected chi connectivity index (χ0v) is 18.2. The molecule has 3 aromatic rings. The fraction of sp³-hybridized carbons (Fsp3) is 0.333. The van der Waals surface area contributed by atoms with Gasteiger partial charge in [-0.3, -0.25) is 10.1 Å². The molecule has 1 aliphatic rings. The number of amides is 1. The number of nitrogens with one attached hydrogen (secondary N) is 1. The third kappa shape index (κ3) is 3.66. The van der Waals surface area contributed by atoms with E-state index >= 15 is 0 Å². The lowest BCUT2D eigenvalue weighted by Gasteiger charge is -2.36. The van der Waals surface area contributed by atoms with E-state index in [1.54, 1.807) is 0 Å². The van der Waals surface area contributed by atoms with Crippen LogP contribution in [0.25, 0.3) is 11.3 Å². The lowest BCUT2D eigenvalue weighted by atomic mass is 9.89. The van der Waals surface area contributed by atoms with Gasteiger partial charge in [-0.2, -0.15) is 13.2 Å². The van der Waals surface area contributed by atoms with Crippen LogP contribution >= 0.6 is 11.3 Å². The van der Waals surface area contributed by atoms with Gasteiger partial charge in [0.15, 0.2) is 10.8 Å². The minimum Gasteiger partial charge on any atom is -0.481 e. The van der Waals surface area contributed by atoms with Gasteiger partial charge in [-0.1, -0.05) is 25.2 Å². The number of nitrogens with zero attached hydrogens (tertiary/aromatic N) is 3. The number of methoxy groups -OCH3 is 1. The number of benzene rings is 1. The van der Waals surface area contributed by atoms with Crippen molar-refractivity contribution in [3.63, 3.8) is 0 Å². The first kappa shape index (κ1) is 22.0. The van der Waals surface area contributed by atoms with Gasteiger partial charge < -0.3 is 9.47 Å². The summed E-state index contributed by atoms with van der Waals surface area (Å²) in [6.07, 6.45) is -0.694. The summed E-state index contributed by atoms with van der Waals surface area (Å²) in [6, 6.07) is 3.35. The SMILES string of the molecule is CCC1(CC)Oc2cc(C(F)(F)F)ccc2-c2nc(NC(=O)c3nccnc3OC)sc21. The van der Waals surface area contributed by atoms with Crippen LogP contribution in [0.2, 0.25) is 0 Å². The molecule has 11 heteroatoms. The zero-order chi connectivity index (χ0) is 23.1. The Morgan fingerprint density at radius 3 is 2.59 bits per heavy atom. The van der Waals surface area contributed by atoms with E-state index in [0.717, 1.165) is 17.0 Å². The van der Waals surface area contributed by atoms with Crippen LogP contribution in [0.4, 0.5) is 18.3 Å². The Morgan fingerprint density at radius 1 is 1.22 bits per heavy atom. The fourth-order valence-corrected chi connectivity index (χ4v) is 4.85. The van der Waals surface area contributed by atoms with E-state index in [0.29, 0.717) is 24.1 Å². The van der Waals surface area contributed by atoms with Crippen LogP contribution in [0.5, 0.6) is 11.6 Å². The van der Waals surface area contributed by atoms with Crippen LogP contribution < -0.4 is 14.8 Å². The minimum absolute atomic E-state index is 0.00751. The molecule has 1 N–H and O–H groups in total. The molecule has 0 fully saturated rings. The van der Waals surface area contributed by atoms with Gasteiger partial charge in [0, 0.05) is 18.0 Å². The number of alkyl halides is 3. The quantitative estimate of drug-likeness (QED) is 0.552. The Balaban J connectivity index is 1.77. The molecular formula is C21H19F3N4O3S. The van der Waals surface area contributed by atoms with Crippen molar-refractivity contribution in [2.75, 3.05) is 12.4 Å². The van der Waals surface area contributed by atoms with Crippen molar-refractivity contribution in [1.82, 2.24) is 15.0 Å². The second kappa shape index (κ2) is 8.05. The van der Waals surface area contributed by atoms with Gasteiger partial charge in [0.1, 0.15) is 11.4 Å². The standard InChI is InChI=1S/C21H19F3N4O3S/c1-4-20(5-2)16-14(12-7-6-11(21(22,23)24)10-13(12)31-20)27-19(32-16)28-17(29)15-18(30-3)26-9-8-25-15/h6-10H,4-5H2,1-3H3,(H,27,28,29). The van der Waals surface area contributed by atoms with Gasteiger partial charge in [0.05, 0.1) is 23.2 Å². The van der Waals surface area contributed by atoms with Crippen LogP contribution in [0.15, 0.2) is 30.6 Å². The summed E-state index contributed by atoms with van der Waals surface area (Å²) < 4.78 is 50.9. The molecular weight excluding hydrogens is 445 g/mol. The number of aromatic nitrogens is 3. The number of ether oxygens (including phenoxy) is 2. The molecule has 1 amide bonds. The number of fused-ring (bicyclic) bond motifs is 3. The number of hydrogen-bond acceptors (Lipinski definition) is 7. The summed E-state index contributed by atoms with van der Waals surface area (Å²) in [5.41, 5.74) is -0.710. The van der Waals surface area contributed by atoms with E-state index in [1.807, 2.05) is 13.8 Å². The topological polar surface area (TPSA) is 86.2 Å². The van der Waals surface area contributed by atoms with Crippen LogP contribution in [-0.2, 0) is 11.8 Å². The van der Waals surface area contributed by atoms with Gasteiger partial charge in [0.2, 0.25) is 5.88 Å². The molecule has 32 heavy (non-hydrogen) atoms. The Labute approximate surface area is 185 Å². The molecule has 0 unspecified atom stereocenters. The predicted octanol–water partition coefficient (Wildman–Crippen LogP) is 5.29. The van der Waals surface area contributed by atoms with Crippen molar-refractivity contribution >= 4 is 22.4 Å². The Kier molecular flexibility index (Phi) is 5.53. The fourth-order valence-electron chi connectivity index (χ4n) is 3.60. The number of thiazole rings is 1. The third-order valence-electron chi connectivity index (χ3n) is 5.35. The minimum atomic E-state index is -4.49. The summed E-state index contributed by atoms with van der Waals surface area (Å²) in [5, 5.41) is 2.97. The van der Waals surface area contributed by atoms with Crippen LogP contribution in [0.1, 0.15) is 47.6 Å². The number of anilines is 1. The summed E-state index contributed by atoms with van der Waals surface area (Å²) in [7, 11) is 1.38. The molecule has 7 nitrogen and oxygen atoms in total. The Hall–Kier alpha value is -3.21. The first-order valence-corrected chi connectivity index (χ1v) is 10.6. The molecule has 3 heterocycles. The second-order valence-corrected chi connectivity index (χ2v) is 8.08. The van der Waals surface area contributed by atoms with Gasteiger partial charge in [0.25, 0.3) is 5.91 Å². The van der Waals surface area contributed by atoms with Crippen molar-refractivity contribution in [2.24, 2.45) is 0 Å². The maximum absolute atomic E-state index is 13.2. The highest BCUT2D eigenvalue weighted by molar-refractivity contribution is 7.16. The summed E-state index contributed by atoms with van der Waals surface area (Å²) >= 11 is 1.22. The molecule has 0 aliphatic carbocycles. The number of halogens is 3. The van der Waals surface area contributed by atoms with Crippen molar-refractivity contribution in [3.05, 3.63) is 46.7 Å². The summed E-state index contributed by atoms with van der Waals surface area (Å²) in [5.74, 6) is -0.376. The highest BCUT2D eigenvalue weighted by atomic mass is 32.1. The van der Waals surface area contributed by atoms with E-state index in [4.69, 9.17) is 9.47 Å². The van der Waals surface area contributed by atoms with E-state index in [-0.39, 0.29) is 22.5 Å².